The molecule has 0 radical (unpaired) electrons. The SMILES string of the molecule is CN1CCN(S(=O)(=O)c2cc(C(N)=O)n(C)c2)c2cnccc21. The Hall–Kier alpha value is -2.55. The number of pyridine rings is 1. The molecule has 8 nitrogen and oxygen atoms in total. The smallest absolute Gasteiger partial charge is 0.266 e. The van der Waals surface area contributed by atoms with E-state index in [1.54, 1.807) is 19.3 Å². The average Bonchev–Trinajstić information content (AvgIpc) is 2.90. The topological polar surface area (TPSA) is 102 Å². The number of rotatable bonds is 3. The van der Waals surface area contributed by atoms with Gasteiger partial charge < -0.3 is 15.2 Å². The molecular formula is C14H17N5O3S. The van der Waals surface area contributed by atoms with Gasteiger partial charge in [0.1, 0.15) is 10.6 Å². The highest BCUT2D eigenvalue weighted by Gasteiger charge is 2.32. The van der Waals surface area contributed by atoms with Gasteiger partial charge in [0.05, 0.1) is 24.1 Å². The first-order valence-electron chi connectivity index (χ1n) is 6.96. The van der Waals surface area contributed by atoms with Gasteiger partial charge in [0.25, 0.3) is 15.9 Å². The molecule has 2 aromatic heterocycles. The van der Waals surface area contributed by atoms with Crippen LogP contribution in [0, 0.1) is 0 Å². The number of likely N-dealkylation sites (N-methyl/N-ethyl adjacent to an activating group) is 1. The number of hydrogen-bond acceptors (Lipinski definition) is 5. The molecule has 2 aromatic rings. The van der Waals surface area contributed by atoms with Crippen molar-refractivity contribution in [3.8, 4) is 0 Å². The van der Waals surface area contributed by atoms with Crippen molar-refractivity contribution in [2.75, 3.05) is 29.3 Å². The second-order valence-corrected chi connectivity index (χ2v) is 7.26. The van der Waals surface area contributed by atoms with Crippen LogP contribution in [-0.4, -0.2) is 44.0 Å². The summed E-state index contributed by atoms with van der Waals surface area (Å²) in [6, 6.07) is 3.07. The maximum Gasteiger partial charge on any atom is 0.266 e. The van der Waals surface area contributed by atoms with Crippen LogP contribution >= 0.6 is 0 Å². The van der Waals surface area contributed by atoms with E-state index in [4.69, 9.17) is 5.73 Å². The third-order valence-corrected chi connectivity index (χ3v) is 5.69. The Balaban J connectivity index is 2.09. The van der Waals surface area contributed by atoms with E-state index in [2.05, 4.69) is 4.98 Å². The van der Waals surface area contributed by atoms with Gasteiger partial charge in [0.15, 0.2) is 0 Å². The van der Waals surface area contributed by atoms with Crippen molar-refractivity contribution < 1.29 is 13.2 Å². The van der Waals surface area contributed by atoms with Gasteiger partial charge in [-0.2, -0.15) is 0 Å². The molecule has 0 aliphatic carbocycles. The van der Waals surface area contributed by atoms with Crippen LogP contribution in [-0.2, 0) is 17.1 Å². The third kappa shape index (κ3) is 2.42. The van der Waals surface area contributed by atoms with Gasteiger partial charge in [-0.15, -0.1) is 0 Å². The molecule has 0 saturated heterocycles. The number of carbonyl (C=O) groups excluding carboxylic acids is 1. The fourth-order valence-corrected chi connectivity index (χ4v) is 4.20. The zero-order valence-corrected chi connectivity index (χ0v) is 13.6. The Morgan fingerprint density at radius 3 is 2.65 bits per heavy atom. The lowest BCUT2D eigenvalue weighted by Crippen LogP contribution is -2.42. The van der Waals surface area contributed by atoms with E-state index in [-0.39, 0.29) is 10.6 Å². The Morgan fingerprint density at radius 1 is 1.26 bits per heavy atom. The fraction of sp³-hybridized carbons (Fsp3) is 0.286. The first-order valence-corrected chi connectivity index (χ1v) is 8.40. The molecule has 0 aromatic carbocycles. The van der Waals surface area contributed by atoms with Crippen LogP contribution < -0.4 is 14.9 Å². The number of fused-ring (bicyclic) bond motifs is 1. The first kappa shape index (κ1) is 15.3. The summed E-state index contributed by atoms with van der Waals surface area (Å²) in [6.45, 7) is 0.865. The minimum absolute atomic E-state index is 0.0353. The summed E-state index contributed by atoms with van der Waals surface area (Å²) in [6.07, 6.45) is 4.55. The summed E-state index contributed by atoms with van der Waals surface area (Å²) in [4.78, 5) is 17.4. The number of amides is 1. The Kier molecular flexibility index (Phi) is 3.52. The summed E-state index contributed by atoms with van der Waals surface area (Å²) in [7, 11) is -0.315. The number of anilines is 2. The van der Waals surface area contributed by atoms with Crippen molar-refractivity contribution in [3.05, 3.63) is 36.4 Å². The van der Waals surface area contributed by atoms with Crippen molar-refractivity contribution in [3.63, 3.8) is 0 Å². The van der Waals surface area contributed by atoms with Crippen molar-refractivity contribution >= 4 is 27.3 Å². The molecule has 1 amide bonds. The summed E-state index contributed by atoms with van der Waals surface area (Å²) in [5.41, 5.74) is 6.71. The number of primary amides is 1. The van der Waals surface area contributed by atoms with Crippen LogP contribution in [0.3, 0.4) is 0 Å². The monoisotopic (exact) mass is 335 g/mol. The summed E-state index contributed by atoms with van der Waals surface area (Å²) >= 11 is 0. The standard InChI is InChI=1S/C14H17N5O3S/c1-17-5-6-19(13-8-16-4-3-11(13)17)23(21,22)10-7-12(14(15)20)18(2)9-10/h3-4,7-9H,5-6H2,1-2H3,(H2,15,20). The van der Waals surface area contributed by atoms with Gasteiger partial charge in [-0.05, 0) is 12.1 Å². The first-order chi connectivity index (χ1) is 10.8. The van der Waals surface area contributed by atoms with Gasteiger partial charge in [0.2, 0.25) is 0 Å². The van der Waals surface area contributed by atoms with Gasteiger partial charge in [-0.1, -0.05) is 0 Å². The lowest BCUT2D eigenvalue weighted by atomic mass is 10.2. The van der Waals surface area contributed by atoms with Gasteiger partial charge in [-0.3, -0.25) is 14.1 Å². The lowest BCUT2D eigenvalue weighted by molar-refractivity contribution is 0.0992. The highest BCUT2D eigenvalue weighted by Crippen LogP contribution is 2.35. The molecule has 122 valence electrons. The van der Waals surface area contributed by atoms with Crippen LogP contribution in [0.25, 0.3) is 0 Å². The molecule has 2 N–H and O–H groups in total. The summed E-state index contributed by atoms with van der Waals surface area (Å²) in [5, 5.41) is 0. The predicted octanol–water partition coefficient (Wildman–Crippen LogP) is 0.164. The van der Waals surface area contributed by atoms with Crippen molar-refractivity contribution in [2.24, 2.45) is 12.8 Å². The number of aromatic nitrogens is 2. The molecule has 0 bridgehead atoms. The van der Waals surface area contributed by atoms with E-state index >= 15 is 0 Å². The van der Waals surface area contributed by atoms with E-state index in [1.807, 2.05) is 11.9 Å². The largest absolute Gasteiger partial charge is 0.371 e. The van der Waals surface area contributed by atoms with Crippen LogP contribution in [0.4, 0.5) is 11.4 Å². The molecule has 0 unspecified atom stereocenters. The molecule has 1 aliphatic heterocycles. The molecule has 0 fully saturated rings. The van der Waals surface area contributed by atoms with Crippen LogP contribution in [0.5, 0.6) is 0 Å². The molecule has 0 atom stereocenters. The molecule has 3 rings (SSSR count). The van der Waals surface area contributed by atoms with Gasteiger partial charge in [0, 0.05) is 33.0 Å². The van der Waals surface area contributed by atoms with E-state index in [9.17, 15) is 13.2 Å². The van der Waals surface area contributed by atoms with Crippen LogP contribution in [0.2, 0.25) is 0 Å². The molecule has 1 aliphatic rings. The molecule has 3 heterocycles. The maximum atomic E-state index is 13.0. The quantitative estimate of drug-likeness (QED) is 0.861. The van der Waals surface area contributed by atoms with E-state index in [1.165, 1.54) is 27.3 Å². The fourth-order valence-electron chi connectivity index (χ4n) is 2.67. The minimum Gasteiger partial charge on any atom is -0.371 e. The van der Waals surface area contributed by atoms with Crippen molar-refractivity contribution in [1.29, 1.82) is 0 Å². The van der Waals surface area contributed by atoms with E-state index < -0.39 is 15.9 Å². The number of nitrogens with two attached hydrogens (primary N) is 1. The number of nitrogens with zero attached hydrogens (tertiary/aromatic N) is 4. The normalized spacial score (nSPS) is 14.7. The second-order valence-electron chi connectivity index (χ2n) is 5.40. The van der Waals surface area contributed by atoms with Crippen molar-refractivity contribution in [2.45, 2.75) is 4.90 Å². The highest BCUT2D eigenvalue weighted by atomic mass is 32.2. The number of sulfonamides is 1. The van der Waals surface area contributed by atoms with E-state index in [0.29, 0.717) is 18.8 Å². The zero-order chi connectivity index (χ0) is 16.8. The van der Waals surface area contributed by atoms with Crippen molar-refractivity contribution in [1.82, 2.24) is 9.55 Å². The third-order valence-electron chi connectivity index (χ3n) is 3.92. The average molecular weight is 335 g/mol. The second kappa shape index (κ2) is 5.27. The molecular weight excluding hydrogens is 318 g/mol. The van der Waals surface area contributed by atoms with Gasteiger partial charge in [-0.25, -0.2) is 8.42 Å². The summed E-state index contributed by atoms with van der Waals surface area (Å²) in [5.74, 6) is -0.672. The Bertz CT molecular complexity index is 874. The molecule has 23 heavy (non-hydrogen) atoms. The number of aryl methyl sites for hydroxylation is 1. The van der Waals surface area contributed by atoms with Crippen LogP contribution in [0.15, 0.2) is 35.6 Å². The Morgan fingerprint density at radius 2 is 2.00 bits per heavy atom. The highest BCUT2D eigenvalue weighted by molar-refractivity contribution is 7.92. The van der Waals surface area contributed by atoms with E-state index in [0.717, 1.165) is 5.69 Å². The zero-order valence-electron chi connectivity index (χ0n) is 12.8. The lowest BCUT2D eigenvalue weighted by Gasteiger charge is -2.35. The van der Waals surface area contributed by atoms with Gasteiger partial charge >= 0.3 is 0 Å². The Labute approximate surface area is 134 Å². The predicted molar refractivity (Wildman–Crippen MR) is 86.0 cm³/mol. The summed E-state index contributed by atoms with van der Waals surface area (Å²) < 4.78 is 28.6. The molecule has 9 heteroatoms. The van der Waals surface area contributed by atoms with Crippen LogP contribution in [0.1, 0.15) is 10.5 Å². The molecule has 0 saturated carbocycles. The minimum atomic E-state index is -3.80. The molecule has 0 spiro atoms. The number of hydrogen-bond donors (Lipinski definition) is 1. The maximum absolute atomic E-state index is 13.0. The number of carbonyl (C=O) groups is 1.